The highest BCUT2D eigenvalue weighted by atomic mass is 35.5. The van der Waals surface area contributed by atoms with Crippen LogP contribution < -0.4 is 10.5 Å². The first-order valence-electron chi connectivity index (χ1n) is 6.58. The summed E-state index contributed by atoms with van der Waals surface area (Å²) in [6.45, 7) is 0.302. The minimum absolute atomic E-state index is 0.105. The van der Waals surface area contributed by atoms with Crippen molar-refractivity contribution in [1.29, 1.82) is 5.26 Å². The van der Waals surface area contributed by atoms with Crippen LogP contribution in [0.2, 0.25) is 10.0 Å². The van der Waals surface area contributed by atoms with Crippen LogP contribution >= 0.6 is 23.2 Å². The van der Waals surface area contributed by atoms with Crippen LogP contribution in [0, 0.1) is 11.3 Å². The first kappa shape index (κ1) is 16.9. The zero-order valence-electron chi connectivity index (χ0n) is 11.9. The van der Waals surface area contributed by atoms with Gasteiger partial charge in [-0.15, -0.1) is 0 Å². The second kappa shape index (κ2) is 7.68. The summed E-state index contributed by atoms with van der Waals surface area (Å²) in [4.78, 5) is 11.0. The van der Waals surface area contributed by atoms with Crippen LogP contribution in [0.3, 0.4) is 0 Å². The van der Waals surface area contributed by atoms with Gasteiger partial charge in [0.05, 0.1) is 0 Å². The first-order chi connectivity index (χ1) is 11.0. The fraction of sp³-hybridized carbons (Fsp3) is 0.0588. The number of rotatable bonds is 5. The van der Waals surface area contributed by atoms with Crippen LogP contribution in [-0.2, 0) is 11.4 Å². The third-order valence-corrected chi connectivity index (χ3v) is 3.57. The Morgan fingerprint density at radius 2 is 1.91 bits per heavy atom. The fourth-order valence-electron chi connectivity index (χ4n) is 1.79. The van der Waals surface area contributed by atoms with E-state index in [1.54, 1.807) is 48.5 Å². The smallest absolute Gasteiger partial charge is 0.259 e. The number of hydrogen-bond donors (Lipinski definition) is 1. The van der Waals surface area contributed by atoms with E-state index < -0.39 is 5.91 Å². The van der Waals surface area contributed by atoms with Crippen molar-refractivity contribution < 1.29 is 9.53 Å². The molecule has 1 amide bonds. The van der Waals surface area contributed by atoms with Crippen LogP contribution in [0.5, 0.6) is 5.75 Å². The number of benzene rings is 2. The van der Waals surface area contributed by atoms with Crippen molar-refractivity contribution in [3.63, 3.8) is 0 Å². The summed E-state index contributed by atoms with van der Waals surface area (Å²) < 4.78 is 5.64. The lowest BCUT2D eigenvalue weighted by atomic mass is 10.1. The Hall–Kier alpha value is -2.48. The van der Waals surface area contributed by atoms with Gasteiger partial charge in [-0.1, -0.05) is 41.4 Å². The molecule has 6 heteroatoms. The molecule has 23 heavy (non-hydrogen) atoms. The largest absolute Gasteiger partial charge is 0.489 e. The van der Waals surface area contributed by atoms with Gasteiger partial charge in [0.15, 0.2) is 0 Å². The summed E-state index contributed by atoms with van der Waals surface area (Å²) in [5.41, 5.74) is 6.48. The average molecular weight is 347 g/mol. The van der Waals surface area contributed by atoms with Crippen molar-refractivity contribution in [3.8, 4) is 11.8 Å². The van der Waals surface area contributed by atoms with Crippen LogP contribution in [0.4, 0.5) is 0 Å². The van der Waals surface area contributed by atoms with Crippen LogP contribution in [0.15, 0.2) is 48.0 Å². The first-order valence-corrected chi connectivity index (χ1v) is 7.33. The molecule has 0 saturated heterocycles. The number of amides is 1. The van der Waals surface area contributed by atoms with Gasteiger partial charge in [0.1, 0.15) is 24.0 Å². The highest BCUT2D eigenvalue weighted by Crippen LogP contribution is 2.23. The number of nitrogens with zero attached hydrogens (tertiary/aromatic N) is 1. The van der Waals surface area contributed by atoms with Gasteiger partial charge in [-0.3, -0.25) is 4.79 Å². The van der Waals surface area contributed by atoms with Crippen molar-refractivity contribution in [3.05, 3.63) is 69.2 Å². The van der Waals surface area contributed by atoms with Crippen molar-refractivity contribution in [1.82, 2.24) is 0 Å². The molecule has 2 aromatic carbocycles. The molecule has 0 atom stereocenters. The zero-order valence-corrected chi connectivity index (χ0v) is 13.4. The van der Waals surface area contributed by atoms with E-state index in [0.717, 1.165) is 5.56 Å². The Morgan fingerprint density at radius 3 is 2.48 bits per heavy atom. The van der Waals surface area contributed by atoms with Gasteiger partial charge >= 0.3 is 0 Å². The minimum atomic E-state index is -0.759. The van der Waals surface area contributed by atoms with Gasteiger partial charge in [0, 0.05) is 15.6 Å². The number of carbonyl (C=O) groups excluding carboxylic acids is 1. The van der Waals surface area contributed by atoms with E-state index in [0.29, 0.717) is 28.0 Å². The maximum absolute atomic E-state index is 11.0. The van der Waals surface area contributed by atoms with Crippen LogP contribution in [0.25, 0.3) is 6.08 Å². The minimum Gasteiger partial charge on any atom is -0.489 e. The Labute approximate surface area is 143 Å². The van der Waals surface area contributed by atoms with Gasteiger partial charge < -0.3 is 10.5 Å². The molecule has 0 unspecified atom stereocenters. The summed E-state index contributed by atoms with van der Waals surface area (Å²) in [5, 5.41) is 9.91. The maximum atomic E-state index is 11.0. The van der Waals surface area contributed by atoms with Crippen molar-refractivity contribution in [2.75, 3.05) is 0 Å². The third kappa shape index (κ3) is 4.75. The molecule has 2 rings (SSSR count). The molecule has 2 aromatic rings. The van der Waals surface area contributed by atoms with E-state index in [1.807, 2.05) is 0 Å². The van der Waals surface area contributed by atoms with E-state index in [4.69, 9.17) is 38.9 Å². The molecule has 116 valence electrons. The van der Waals surface area contributed by atoms with E-state index in [1.165, 1.54) is 6.08 Å². The molecule has 0 spiro atoms. The quantitative estimate of drug-likeness (QED) is 0.657. The number of ether oxygens (including phenoxy) is 1. The number of nitrogens with two attached hydrogens (primary N) is 1. The normalized spacial score (nSPS) is 10.9. The van der Waals surface area contributed by atoms with Crippen molar-refractivity contribution in [2.24, 2.45) is 5.73 Å². The molecule has 0 radical (unpaired) electrons. The predicted molar refractivity (Wildman–Crippen MR) is 90.0 cm³/mol. The van der Waals surface area contributed by atoms with Gasteiger partial charge in [0.2, 0.25) is 0 Å². The van der Waals surface area contributed by atoms with Gasteiger partial charge in [-0.05, 0) is 35.9 Å². The van der Waals surface area contributed by atoms with Gasteiger partial charge in [-0.25, -0.2) is 0 Å². The highest BCUT2D eigenvalue weighted by molar-refractivity contribution is 6.35. The molecule has 4 nitrogen and oxygen atoms in total. The molecule has 0 fully saturated rings. The second-order valence-corrected chi connectivity index (χ2v) is 5.47. The topological polar surface area (TPSA) is 76.1 Å². The molecular formula is C17H12Cl2N2O2. The summed E-state index contributed by atoms with van der Waals surface area (Å²) in [7, 11) is 0. The Balaban J connectivity index is 2.06. The zero-order chi connectivity index (χ0) is 16.8. The SMILES string of the molecule is N#CC(=Cc1ccc(OCc2ccc(Cl)cc2Cl)cc1)C(N)=O. The van der Waals surface area contributed by atoms with Crippen molar-refractivity contribution >= 4 is 35.2 Å². The lowest BCUT2D eigenvalue weighted by Gasteiger charge is -2.08. The average Bonchev–Trinajstić information content (AvgIpc) is 2.52. The van der Waals surface area contributed by atoms with Crippen LogP contribution in [0.1, 0.15) is 11.1 Å². The van der Waals surface area contributed by atoms with E-state index >= 15 is 0 Å². The standard InChI is InChI=1S/C17H12Cl2N2O2/c18-14-4-3-12(16(19)8-14)10-23-15-5-1-11(2-6-15)7-13(9-20)17(21)22/h1-8H,10H2,(H2,21,22). The molecule has 0 aliphatic heterocycles. The number of carbonyl (C=O) groups is 1. The molecule has 0 aliphatic carbocycles. The van der Waals surface area contributed by atoms with E-state index in [9.17, 15) is 4.79 Å². The van der Waals surface area contributed by atoms with Gasteiger partial charge in [0.25, 0.3) is 5.91 Å². The summed E-state index contributed by atoms with van der Waals surface area (Å²) in [6, 6.07) is 13.8. The fourth-order valence-corrected chi connectivity index (χ4v) is 2.25. The molecular weight excluding hydrogens is 335 g/mol. The van der Waals surface area contributed by atoms with Crippen molar-refractivity contribution in [2.45, 2.75) is 6.61 Å². The Bertz CT molecular complexity index is 793. The Kier molecular flexibility index (Phi) is 5.64. The monoisotopic (exact) mass is 346 g/mol. The lowest BCUT2D eigenvalue weighted by molar-refractivity contribution is -0.114. The summed E-state index contributed by atoms with van der Waals surface area (Å²) >= 11 is 11.9. The van der Waals surface area contributed by atoms with Gasteiger partial charge in [-0.2, -0.15) is 5.26 Å². The molecule has 2 N–H and O–H groups in total. The predicted octanol–water partition coefficient (Wildman–Crippen LogP) is 3.96. The highest BCUT2D eigenvalue weighted by Gasteiger charge is 2.04. The summed E-state index contributed by atoms with van der Waals surface area (Å²) in [6.07, 6.45) is 1.42. The molecule has 0 aromatic heterocycles. The molecule has 0 aliphatic rings. The molecule has 0 saturated carbocycles. The van der Waals surface area contributed by atoms with Crippen LogP contribution in [-0.4, -0.2) is 5.91 Å². The third-order valence-electron chi connectivity index (χ3n) is 2.99. The lowest BCUT2D eigenvalue weighted by Crippen LogP contribution is -2.12. The number of nitriles is 1. The molecule has 0 bridgehead atoms. The number of halogens is 2. The van der Waals surface area contributed by atoms with E-state index in [2.05, 4.69) is 0 Å². The maximum Gasteiger partial charge on any atom is 0.259 e. The number of primary amides is 1. The molecule has 0 heterocycles. The number of hydrogen-bond acceptors (Lipinski definition) is 3. The Morgan fingerprint density at radius 1 is 1.22 bits per heavy atom. The van der Waals surface area contributed by atoms with E-state index in [-0.39, 0.29) is 5.57 Å². The second-order valence-electron chi connectivity index (χ2n) is 4.63. The summed E-state index contributed by atoms with van der Waals surface area (Å²) in [5.74, 6) is -0.129.